The average Bonchev–Trinajstić information content (AvgIpc) is 2.17. The maximum Gasteiger partial charge on any atom is 0.332 e. The van der Waals surface area contributed by atoms with Gasteiger partial charge in [0.25, 0.3) is 0 Å². The van der Waals surface area contributed by atoms with Crippen LogP contribution in [0.1, 0.15) is 20.3 Å². The summed E-state index contributed by atoms with van der Waals surface area (Å²) in [5, 5.41) is 8.26. The molecule has 2 unspecified atom stereocenters. The predicted molar refractivity (Wildman–Crippen MR) is 52.5 cm³/mol. The van der Waals surface area contributed by atoms with E-state index >= 15 is 0 Å². The summed E-state index contributed by atoms with van der Waals surface area (Å²) < 4.78 is 15.0. The molecule has 0 spiro atoms. The summed E-state index contributed by atoms with van der Waals surface area (Å²) in [5.74, 6) is -0.549. The van der Waals surface area contributed by atoms with Crippen LogP contribution in [0.15, 0.2) is 12.7 Å². The first-order chi connectivity index (χ1) is 7.10. The largest absolute Gasteiger partial charge is 0.433 e. The highest BCUT2D eigenvalue weighted by Gasteiger charge is 2.11. The second kappa shape index (κ2) is 7.97. The van der Waals surface area contributed by atoms with Crippen LogP contribution in [0.2, 0.25) is 0 Å². The second-order valence-corrected chi connectivity index (χ2v) is 2.69. The van der Waals surface area contributed by atoms with Crippen LogP contribution < -0.4 is 0 Å². The van der Waals surface area contributed by atoms with Gasteiger partial charge < -0.3 is 14.2 Å². The predicted octanol–water partition coefficient (Wildman–Crippen LogP) is 1.35. The summed E-state index contributed by atoms with van der Waals surface area (Å²) in [4.78, 5) is 10.8. The summed E-state index contributed by atoms with van der Waals surface area (Å²) in [7, 11) is 0. The van der Waals surface area contributed by atoms with Gasteiger partial charge in [0.1, 0.15) is 0 Å². The Labute approximate surface area is 89.2 Å². The van der Waals surface area contributed by atoms with E-state index in [9.17, 15) is 4.79 Å². The molecule has 0 aromatic rings. The third-order valence-corrected chi connectivity index (χ3v) is 1.40. The van der Waals surface area contributed by atoms with Crippen molar-refractivity contribution in [2.75, 3.05) is 6.61 Å². The standard InChI is InChI=1S/C10H15NO4/c1-4-10(12)15-9(3)14-8(2)13-7-5-6-11/h4,8-9H,1,5,7H2,2-3H3. The van der Waals surface area contributed by atoms with Crippen LogP contribution in [-0.2, 0) is 19.0 Å². The highest BCUT2D eigenvalue weighted by atomic mass is 16.8. The summed E-state index contributed by atoms with van der Waals surface area (Å²) in [6.07, 6.45) is 0.133. The molecule has 0 aromatic carbocycles. The van der Waals surface area contributed by atoms with Crippen LogP contribution in [0.3, 0.4) is 0 Å². The van der Waals surface area contributed by atoms with E-state index in [-0.39, 0.29) is 0 Å². The molecule has 0 fully saturated rings. The first kappa shape index (κ1) is 13.6. The molecule has 84 valence electrons. The number of ether oxygens (including phenoxy) is 3. The molecule has 0 saturated heterocycles. The molecule has 15 heavy (non-hydrogen) atoms. The second-order valence-electron chi connectivity index (χ2n) is 2.69. The Kier molecular flexibility index (Phi) is 7.24. The van der Waals surface area contributed by atoms with Crippen LogP contribution in [0.5, 0.6) is 0 Å². The van der Waals surface area contributed by atoms with Crippen molar-refractivity contribution in [3.8, 4) is 6.07 Å². The fraction of sp³-hybridized carbons (Fsp3) is 0.600. The minimum absolute atomic E-state index is 0.291. The van der Waals surface area contributed by atoms with Crippen molar-refractivity contribution in [3.05, 3.63) is 12.7 Å². The Hall–Kier alpha value is -1.38. The van der Waals surface area contributed by atoms with Gasteiger partial charge in [0.2, 0.25) is 6.29 Å². The van der Waals surface area contributed by atoms with Crippen molar-refractivity contribution in [2.45, 2.75) is 32.8 Å². The lowest BCUT2D eigenvalue weighted by Crippen LogP contribution is -2.24. The topological polar surface area (TPSA) is 68.6 Å². The van der Waals surface area contributed by atoms with Crippen molar-refractivity contribution in [3.63, 3.8) is 0 Å². The van der Waals surface area contributed by atoms with Gasteiger partial charge in [0, 0.05) is 6.08 Å². The number of esters is 1. The van der Waals surface area contributed by atoms with E-state index < -0.39 is 18.5 Å². The van der Waals surface area contributed by atoms with Gasteiger partial charge in [-0.15, -0.1) is 0 Å². The fourth-order valence-electron chi connectivity index (χ4n) is 0.819. The van der Waals surface area contributed by atoms with Gasteiger partial charge in [0.05, 0.1) is 19.1 Å². The molecule has 0 radical (unpaired) electrons. The van der Waals surface area contributed by atoms with Crippen molar-refractivity contribution >= 4 is 5.97 Å². The molecule has 0 N–H and O–H groups in total. The number of hydrogen-bond acceptors (Lipinski definition) is 5. The summed E-state index contributed by atoms with van der Waals surface area (Å²) in [5.41, 5.74) is 0. The zero-order valence-corrected chi connectivity index (χ0v) is 8.93. The maximum atomic E-state index is 10.8. The van der Waals surface area contributed by atoms with E-state index in [2.05, 4.69) is 6.58 Å². The van der Waals surface area contributed by atoms with Crippen molar-refractivity contribution in [1.82, 2.24) is 0 Å². The van der Waals surface area contributed by atoms with Crippen molar-refractivity contribution in [1.29, 1.82) is 5.26 Å². The van der Waals surface area contributed by atoms with Gasteiger partial charge in [-0.1, -0.05) is 6.58 Å². The third-order valence-electron chi connectivity index (χ3n) is 1.40. The molecular weight excluding hydrogens is 198 g/mol. The molecular formula is C10H15NO4. The Balaban J connectivity index is 3.66. The molecule has 0 aromatic heterocycles. The van der Waals surface area contributed by atoms with Gasteiger partial charge in [-0.3, -0.25) is 0 Å². The van der Waals surface area contributed by atoms with Crippen LogP contribution in [0.25, 0.3) is 0 Å². The Bertz CT molecular complexity index is 246. The fourth-order valence-corrected chi connectivity index (χ4v) is 0.819. The Morgan fingerprint density at radius 2 is 2.20 bits per heavy atom. The van der Waals surface area contributed by atoms with Crippen LogP contribution in [0, 0.1) is 11.3 Å². The van der Waals surface area contributed by atoms with E-state index in [1.807, 2.05) is 6.07 Å². The van der Waals surface area contributed by atoms with E-state index in [4.69, 9.17) is 19.5 Å². The lowest BCUT2D eigenvalue weighted by atomic mass is 10.5. The highest BCUT2D eigenvalue weighted by molar-refractivity contribution is 5.81. The van der Waals surface area contributed by atoms with Gasteiger partial charge >= 0.3 is 5.97 Å². The molecule has 5 heteroatoms. The number of carbonyl (C=O) groups excluding carboxylic acids is 1. The number of nitrogens with zero attached hydrogens (tertiary/aromatic N) is 1. The molecule has 0 aliphatic carbocycles. The lowest BCUT2D eigenvalue weighted by Gasteiger charge is -2.18. The Morgan fingerprint density at radius 1 is 1.53 bits per heavy atom. The van der Waals surface area contributed by atoms with Gasteiger partial charge in [0.15, 0.2) is 6.29 Å². The molecule has 0 bridgehead atoms. The van der Waals surface area contributed by atoms with E-state index in [0.717, 1.165) is 6.08 Å². The summed E-state index contributed by atoms with van der Waals surface area (Å²) in [6, 6.07) is 1.94. The van der Waals surface area contributed by atoms with Gasteiger partial charge in [-0.05, 0) is 13.8 Å². The Morgan fingerprint density at radius 3 is 2.73 bits per heavy atom. The van der Waals surface area contributed by atoms with Gasteiger partial charge in [-0.25, -0.2) is 4.79 Å². The molecule has 5 nitrogen and oxygen atoms in total. The number of hydrogen-bond donors (Lipinski definition) is 0. The SMILES string of the molecule is C=CC(=O)OC(C)OC(C)OCCC#N. The maximum absolute atomic E-state index is 10.8. The monoisotopic (exact) mass is 213 g/mol. The number of rotatable bonds is 7. The first-order valence-corrected chi connectivity index (χ1v) is 4.57. The third kappa shape index (κ3) is 7.67. The zero-order chi connectivity index (χ0) is 11.7. The highest BCUT2D eigenvalue weighted by Crippen LogP contribution is 2.02. The zero-order valence-electron chi connectivity index (χ0n) is 8.93. The lowest BCUT2D eigenvalue weighted by molar-refractivity contribution is -0.225. The van der Waals surface area contributed by atoms with E-state index in [1.54, 1.807) is 13.8 Å². The first-order valence-electron chi connectivity index (χ1n) is 4.57. The van der Waals surface area contributed by atoms with E-state index in [1.165, 1.54) is 0 Å². The number of nitriles is 1. The molecule has 0 heterocycles. The minimum Gasteiger partial charge on any atom is -0.433 e. The smallest absolute Gasteiger partial charge is 0.332 e. The molecule has 0 amide bonds. The molecule has 0 rings (SSSR count). The quantitative estimate of drug-likeness (QED) is 0.276. The normalized spacial score (nSPS) is 13.7. The summed E-state index contributed by atoms with van der Waals surface area (Å²) in [6.45, 7) is 6.78. The molecule has 0 aliphatic rings. The van der Waals surface area contributed by atoms with Gasteiger partial charge in [-0.2, -0.15) is 5.26 Å². The van der Waals surface area contributed by atoms with Crippen molar-refractivity contribution in [2.24, 2.45) is 0 Å². The van der Waals surface area contributed by atoms with E-state index in [0.29, 0.717) is 13.0 Å². The van der Waals surface area contributed by atoms with Crippen LogP contribution in [-0.4, -0.2) is 25.2 Å². The molecule has 0 saturated carbocycles. The van der Waals surface area contributed by atoms with Crippen molar-refractivity contribution < 1.29 is 19.0 Å². The van der Waals surface area contributed by atoms with Crippen LogP contribution >= 0.6 is 0 Å². The molecule has 0 aliphatic heterocycles. The summed E-state index contributed by atoms with van der Waals surface area (Å²) >= 11 is 0. The van der Waals surface area contributed by atoms with Crippen LogP contribution in [0.4, 0.5) is 0 Å². The average molecular weight is 213 g/mol. The minimum atomic E-state index is -0.701. The number of carbonyl (C=O) groups is 1. The molecule has 2 atom stereocenters.